The summed E-state index contributed by atoms with van der Waals surface area (Å²) < 4.78 is 7.49. The Balaban J connectivity index is 1.46. The molecule has 1 aliphatic heterocycles. The monoisotopic (exact) mass is 481 g/mol. The van der Waals surface area contributed by atoms with Crippen LogP contribution in [0, 0.1) is 4.77 Å². The molecule has 34 heavy (non-hydrogen) atoms. The number of carbonyl (C=O) groups is 1. The van der Waals surface area contributed by atoms with Gasteiger partial charge in [0, 0.05) is 43.9 Å². The Morgan fingerprint density at radius 1 is 1.15 bits per heavy atom. The topological polar surface area (TPSA) is 86.6 Å². The number of hydrogen-bond donors (Lipinski definition) is 2. The first-order valence-electron chi connectivity index (χ1n) is 11.5. The minimum atomic E-state index is -0.281. The molecule has 180 valence electrons. The molecule has 0 aliphatic carbocycles. The molecule has 0 spiro atoms. The molecule has 1 aliphatic rings. The van der Waals surface area contributed by atoms with E-state index >= 15 is 0 Å². The van der Waals surface area contributed by atoms with Crippen LogP contribution in [0.25, 0.3) is 11.4 Å². The smallest absolute Gasteiger partial charge is 0.265 e. The highest BCUT2D eigenvalue weighted by molar-refractivity contribution is 7.71. The van der Waals surface area contributed by atoms with Crippen LogP contribution in [0.4, 0.5) is 0 Å². The third-order valence-corrected chi connectivity index (χ3v) is 6.43. The van der Waals surface area contributed by atoms with E-state index in [0.29, 0.717) is 23.6 Å². The zero-order valence-corrected chi connectivity index (χ0v) is 20.6. The van der Waals surface area contributed by atoms with E-state index in [1.807, 2.05) is 19.9 Å². The minimum absolute atomic E-state index is 0.120. The van der Waals surface area contributed by atoms with Gasteiger partial charge >= 0.3 is 0 Å². The standard InChI is InChI=1S/C25H31N5O3S/c1-17(2)21-16-19(6-9-22(21)31)23-26-27-25(34)30(23)24(32)18-4-7-20(8-5-18)33-15-14-29-12-10-28(3)11-13-29/h4-9,16-17,31H,10-15H2,1-3H3,(H,27,34). The molecule has 4 rings (SSSR count). The fraction of sp³-hybridized carbons (Fsp3) is 0.400. The molecular weight excluding hydrogens is 450 g/mol. The van der Waals surface area contributed by atoms with Crippen molar-refractivity contribution in [2.45, 2.75) is 19.8 Å². The number of likely N-dealkylation sites (N-methyl/N-ethyl adjacent to an activating group) is 1. The average molecular weight is 482 g/mol. The fourth-order valence-corrected chi connectivity index (χ4v) is 4.24. The number of aromatic amines is 1. The minimum Gasteiger partial charge on any atom is -0.508 e. The molecule has 0 bridgehead atoms. The predicted molar refractivity (Wildman–Crippen MR) is 134 cm³/mol. The van der Waals surface area contributed by atoms with Gasteiger partial charge in [0.15, 0.2) is 5.82 Å². The first-order valence-corrected chi connectivity index (χ1v) is 11.9. The van der Waals surface area contributed by atoms with Crippen LogP contribution in [0.5, 0.6) is 11.5 Å². The second-order valence-electron chi connectivity index (χ2n) is 8.94. The number of carbonyl (C=O) groups excluding carboxylic acids is 1. The van der Waals surface area contributed by atoms with E-state index < -0.39 is 0 Å². The van der Waals surface area contributed by atoms with Gasteiger partial charge in [0.1, 0.15) is 18.1 Å². The summed E-state index contributed by atoms with van der Waals surface area (Å²) in [6.45, 7) is 9.75. The van der Waals surface area contributed by atoms with Crippen molar-refractivity contribution in [1.29, 1.82) is 0 Å². The van der Waals surface area contributed by atoms with Gasteiger partial charge in [-0.1, -0.05) is 13.8 Å². The molecule has 1 aromatic heterocycles. The number of hydrogen-bond acceptors (Lipinski definition) is 7. The van der Waals surface area contributed by atoms with Crippen LogP contribution in [0.3, 0.4) is 0 Å². The molecule has 2 aromatic carbocycles. The molecule has 0 saturated carbocycles. The highest BCUT2D eigenvalue weighted by Gasteiger charge is 2.19. The Labute approximate surface area is 204 Å². The van der Waals surface area contributed by atoms with Crippen molar-refractivity contribution in [1.82, 2.24) is 24.6 Å². The molecule has 2 N–H and O–H groups in total. The van der Waals surface area contributed by atoms with Crippen molar-refractivity contribution >= 4 is 18.1 Å². The van der Waals surface area contributed by atoms with E-state index in [1.165, 1.54) is 4.57 Å². The maximum atomic E-state index is 13.3. The molecule has 0 atom stereocenters. The number of phenols is 1. The summed E-state index contributed by atoms with van der Waals surface area (Å²) >= 11 is 5.35. The molecule has 0 unspecified atom stereocenters. The Morgan fingerprint density at radius 2 is 1.85 bits per heavy atom. The lowest BCUT2D eigenvalue weighted by atomic mass is 9.99. The molecule has 1 fully saturated rings. The molecule has 8 nitrogen and oxygen atoms in total. The van der Waals surface area contributed by atoms with Gasteiger partial charge in [-0.2, -0.15) is 5.10 Å². The van der Waals surface area contributed by atoms with Gasteiger partial charge in [-0.15, -0.1) is 0 Å². The Bertz CT molecular complexity index is 1190. The van der Waals surface area contributed by atoms with Crippen LogP contribution in [-0.2, 0) is 0 Å². The Kier molecular flexibility index (Phi) is 7.45. The Morgan fingerprint density at radius 3 is 2.53 bits per heavy atom. The largest absolute Gasteiger partial charge is 0.508 e. The molecule has 1 saturated heterocycles. The van der Waals surface area contributed by atoms with Crippen molar-refractivity contribution in [3.63, 3.8) is 0 Å². The molecule has 3 aromatic rings. The molecule has 2 heterocycles. The van der Waals surface area contributed by atoms with E-state index in [2.05, 4.69) is 27.0 Å². The molecule has 9 heteroatoms. The second-order valence-corrected chi connectivity index (χ2v) is 9.33. The average Bonchev–Trinajstić information content (AvgIpc) is 3.21. The SMILES string of the molecule is CC(C)c1cc(-c2n[nH]c(=S)n2C(=O)c2ccc(OCCN3CCN(C)CC3)cc2)ccc1O. The van der Waals surface area contributed by atoms with E-state index in [0.717, 1.165) is 44.0 Å². The third-order valence-electron chi connectivity index (χ3n) is 6.16. The van der Waals surface area contributed by atoms with Gasteiger partial charge < -0.3 is 14.7 Å². The van der Waals surface area contributed by atoms with Crippen molar-refractivity contribution in [2.24, 2.45) is 0 Å². The lowest BCUT2D eigenvalue weighted by molar-refractivity contribution is 0.0960. The number of aromatic hydroxyl groups is 1. The summed E-state index contributed by atoms with van der Waals surface area (Å²) in [6.07, 6.45) is 0. The van der Waals surface area contributed by atoms with Gasteiger partial charge in [0.05, 0.1) is 0 Å². The third kappa shape index (κ3) is 5.38. The number of ether oxygens (including phenoxy) is 1. The predicted octanol–water partition coefficient (Wildman–Crippen LogP) is 3.75. The number of piperazine rings is 1. The van der Waals surface area contributed by atoms with Gasteiger partial charge in [0.2, 0.25) is 4.77 Å². The first-order chi connectivity index (χ1) is 16.3. The number of nitrogens with one attached hydrogen (secondary N) is 1. The van der Waals surface area contributed by atoms with Crippen molar-refractivity contribution < 1.29 is 14.6 Å². The summed E-state index contributed by atoms with van der Waals surface area (Å²) in [4.78, 5) is 18.0. The number of aromatic nitrogens is 3. The first kappa shape index (κ1) is 24.1. The van der Waals surface area contributed by atoms with Crippen LogP contribution in [0.2, 0.25) is 0 Å². The molecule has 0 radical (unpaired) electrons. The van der Waals surface area contributed by atoms with Gasteiger partial charge in [0.25, 0.3) is 5.91 Å². The maximum Gasteiger partial charge on any atom is 0.265 e. The summed E-state index contributed by atoms with van der Waals surface area (Å²) in [7, 11) is 2.14. The van der Waals surface area contributed by atoms with E-state index in [4.69, 9.17) is 17.0 Å². The zero-order valence-electron chi connectivity index (χ0n) is 19.8. The fourth-order valence-electron chi connectivity index (χ4n) is 4.02. The molecular formula is C25H31N5O3S. The van der Waals surface area contributed by atoms with Crippen molar-refractivity contribution in [3.8, 4) is 22.9 Å². The van der Waals surface area contributed by atoms with Crippen LogP contribution in [0.1, 0.15) is 35.7 Å². The quantitative estimate of drug-likeness (QED) is 0.497. The van der Waals surface area contributed by atoms with Crippen molar-refractivity contribution in [3.05, 3.63) is 58.4 Å². The van der Waals surface area contributed by atoms with Gasteiger partial charge in [-0.05, 0) is 73.2 Å². The number of benzene rings is 2. The molecule has 0 amide bonds. The number of rotatable bonds is 7. The van der Waals surface area contributed by atoms with Crippen molar-refractivity contribution in [2.75, 3.05) is 46.4 Å². The van der Waals surface area contributed by atoms with Gasteiger partial charge in [-0.25, -0.2) is 4.57 Å². The number of phenolic OH excluding ortho intramolecular Hbond substituents is 1. The van der Waals surface area contributed by atoms with E-state index in [9.17, 15) is 9.90 Å². The normalized spacial score (nSPS) is 15.1. The summed E-state index contributed by atoms with van der Waals surface area (Å²) in [5.74, 6) is 1.19. The lowest BCUT2D eigenvalue weighted by Gasteiger charge is -2.32. The highest BCUT2D eigenvalue weighted by Crippen LogP contribution is 2.30. The summed E-state index contributed by atoms with van der Waals surface area (Å²) in [6, 6.07) is 12.3. The van der Waals surface area contributed by atoms with E-state index in [-0.39, 0.29) is 22.3 Å². The number of nitrogens with zero attached hydrogens (tertiary/aromatic N) is 4. The van der Waals surface area contributed by atoms with Gasteiger partial charge in [-0.3, -0.25) is 14.8 Å². The van der Waals surface area contributed by atoms with Crippen LogP contribution in [-0.4, -0.2) is 82.0 Å². The Hall–Kier alpha value is -3.01. The summed E-state index contributed by atoms with van der Waals surface area (Å²) in [5, 5.41) is 17.2. The maximum absolute atomic E-state index is 13.3. The highest BCUT2D eigenvalue weighted by atomic mass is 32.1. The van der Waals surface area contributed by atoms with Crippen LogP contribution >= 0.6 is 12.2 Å². The second kappa shape index (κ2) is 10.5. The summed E-state index contributed by atoms with van der Waals surface area (Å²) in [5.41, 5.74) is 1.96. The van der Waals surface area contributed by atoms with Crippen LogP contribution < -0.4 is 4.74 Å². The van der Waals surface area contributed by atoms with E-state index in [1.54, 1.807) is 36.4 Å². The number of H-pyrrole nitrogens is 1. The lowest BCUT2D eigenvalue weighted by Crippen LogP contribution is -2.45. The van der Waals surface area contributed by atoms with Crippen LogP contribution in [0.15, 0.2) is 42.5 Å². The zero-order chi connectivity index (χ0) is 24.2.